The summed E-state index contributed by atoms with van der Waals surface area (Å²) >= 11 is 5.86. The summed E-state index contributed by atoms with van der Waals surface area (Å²) in [4.78, 5) is 28.5. The lowest BCUT2D eigenvalue weighted by Gasteiger charge is -2.28. The number of pyridine rings is 1. The van der Waals surface area contributed by atoms with E-state index in [1.807, 2.05) is 0 Å². The first kappa shape index (κ1) is 20.6. The fourth-order valence-corrected chi connectivity index (χ4v) is 4.66. The zero-order valence-electron chi connectivity index (χ0n) is 15.9. The molecule has 0 aliphatic carbocycles. The van der Waals surface area contributed by atoms with Gasteiger partial charge in [-0.2, -0.15) is 0 Å². The molecule has 0 atom stereocenters. The number of carbonyl (C=O) groups excluding carboxylic acids is 2. The number of urea groups is 1. The summed E-state index contributed by atoms with van der Waals surface area (Å²) in [5, 5.41) is 5.28. The fourth-order valence-electron chi connectivity index (χ4n) is 2.99. The number of nitrogens with zero attached hydrogens (tertiary/aromatic N) is 2. The number of sulfonamides is 1. The highest BCUT2D eigenvalue weighted by atomic mass is 35.5. The average molecular weight is 458 g/mol. The van der Waals surface area contributed by atoms with Gasteiger partial charge in [-0.25, -0.2) is 22.5 Å². The van der Waals surface area contributed by atoms with Gasteiger partial charge in [0.25, 0.3) is 15.9 Å². The topological polar surface area (TPSA) is 134 Å². The molecule has 1 aliphatic heterocycles. The molecule has 2 heterocycles. The van der Waals surface area contributed by atoms with Gasteiger partial charge in [-0.1, -0.05) is 35.9 Å². The number of rotatable bonds is 4. The van der Waals surface area contributed by atoms with Crippen LogP contribution >= 0.6 is 11.6 Å². The lowest BCUT2D eigenvalue weighted by atomic mass is 10.1. The molecule has 0 spiro atoms. The maximum absolute atomic E-state index is 12.9. The van der Waals surface area contributed by atoms with Crippen LogP contribution in [0, 0.1) is 0 Å². The SMILES string of the molecule is Nc1ccccc1NC(=O)c1ccc(CN2C(=O)Nc3ncc(Cl)cc3S2(=O)=O)cc1. The van der Waals surface area contributed by atoms with Crippen molar-refractivity contribution in [2.45, 2.75) is 11.4 Å². The van der Waals surface area contributed by atoms with Gasteiger partial charge < -0.3 is 11.1 Å². The Bertz CT molecular complexity index is 1300. The number of nitrogen functional groups attached to an aromatic ring is 1. The van der Waals surface area contributed by atoms with Gasteiger partial charge >= 0.3 is 6.03 Å². The van der Waals surface area contributed by atoms with Gasteiger partial charge in [0.05, 0.1) is 22.9 Å². The maximum Gasteiger partial charge on any atom is 0.337 e. The van der Waals surface area contributed by atoms with Crippen LogP contribution in [0.2, 0.25) is 5.02 Å². The Balaban J connectivity index is 1.53. The summed E-state index contributed by atoms with van der Waals surface area (Å²) in [6.07, 6.45) is 1.25. The first-order valence-electron chi connectivity index (χ1n) is 9.00. The summed E-state index contributed by atoms with van der Waals surface area (Å²) in [5.41, 5.74) is 7.60. The average Bonchev–Trinajstić information content (AvgIpc) is 2.74. The Kier molecular flexibility index (Phi) is 5.25. The molecular weight excluding hydrogens is 442 g/mol. The zero-order valence-corrected chi connectivity index (χ0v) is 17.4. The van der Waals surface area contributed by atoms with Gasteiger partial charge in [-0.05, 0) is 35.9 Å². The van der Waals surface area contributed by atoms with Gasteiger partial charge in [0, 0.05) is 11.8 Å². The number of hydrogen-bond acceptors (Lipinski definition) is 6. The maximum atomic E-state index is 12.9. The predicted octanol–water partition coefficient (Wildman–Crippen LogP) is 3.31. The minimum atomic E-state index is -4.14. The Morgan fingerprint density at radius 2 is 1.87 bits per heavy atom. The second kappa shape index (κ2) is 7.89. The van der Waals surface area contributed by atoms with Crippen molar-refractivity contribution < 1.29 is 18.0 Å². The third-order valence-electron chi connectivity index (χ3n) is 4.59. The third-order valence-corrected chi connectivity index (χ3v) is 6.54. The van der Waals surface area contributed by atoms with Crippen molar-refractivity contribution in [3.8, 4) is 0 Å². The molecule has 3 amide bonds. The van der Waals surface area contributed by atoms with Gasteiger partial charge in [0.1, 0.15) is 4.90 Å². The van der Waals surface area contributed by atoms with E-state index in [2.05, 4.69) is 15.6 Å². The number of anilines is 3. The van der Waals surface area contributed by atoms with Crippen LogP contribution in [-0.4, -0.2) is 29.6 Å². The van der Waals surface area contributed by atoms with Crippen molar-refractivity contribution in [1.29, 1.82) is 0 Å². The summed E-state index contributed by atoms with van der Waals surface area (Å²) in [6, 6.07) is 13.5. The molecule has 11 heteroatoms. The molecule has 4 N–H and O–H groups in total. The summed E-state index contributed by atoms with van der Waals surface area (Å²) in [7, 11) is -4.14. The second-order valence-electron chi connectivity index (χ2n) is 6.68. The Morgan fingerprint density at radius 3 is 2.58 bits per heavy atom. The van der Waals surface area contributed by atoms with Gasteiger partial charge in [0.15, 0.2) is 5.82 Å². The number of carbonyl (C=O) groups is 2. The monoisotopic (exact) mass is 457 g/mol. The number of nitrogens with two attached hydrogens (primary N) is 1. The van der Waals surface area contributed by atoms with Crippen LogP contribution < -0.4 is 16.4 Å². The van der Waals surface area contributed by atoms with Crippen molar-refractivity contribution in [3.63, 3.8) is 0 Å². The van der Waals surface area contributed by atoms with Crippen molar-refractivity contribution >= 4 is 50.8 Å². The van der Waals surface area contributed by atoms with Crippen LogP contribution in [0.4, 0.5) is 22.0 Å². The Hall–Kier alpha value is -3.63. The molecule has 158 valence electrons. The van der Waals surface area contributed by atoms with Crippen LogP contribution in [0.3, 0.4) is 0 Å². The van der Waals surface area contributed by atoms with E-state index in [4.69, 9.17) is 17.3 Å². The summed E-state index contributed by atoms with van der Waals surface area (Å²) in [5.74, 6) is -0.444. The van der Waals surface area contributed by atoms with Crippen molar-refractivity contribution in [2.24, 2.45) is 0 Å². The van der Waals surface area contributed by atoms with Crippen LogP contribution in [0.5, 0.6) is 0 Å². The first-order valence-corrected chi connectivity index (χ1v) is 10.8. The normalized spacial score (nSPS) is 14.5. The lowest BCUT2D eigenvalue weighted by Crippen LogP contribution is -2.43. The number of para-hydroxylation sites is 2. The molecule has 0 fully saturated rings. The zero-order chi connectivity index (χ0) is 22.2. The largest absolute Gasteiger partial charge is 0.397 e. The van der Waals surface area contributed by atoms with E-state index in [9.17, 15) is 18.0 Å². The molecule has 1 aromatic heterocycles. The standard InChI is InChI=1S/C20H16ClN5O4S/c21-14-9-17-18(23-10-14)25-20(28)26(31(17,29)30)11-12-5-7-13(8-6-12)19(27)24-16-4-2-1-3-15(16)22/h1-10H,11,22H2,(H,24,27)(H,23,25,28). The molecule has 0 unspecified atom stereocenters. The quantitative estimate of drug-likeness (QED) is 0.514. The highest BCUT2D eigenvalue weighted by Crippen LogP contribution is 2.31. The Labute approximate surface area is 182 Å². The van der Waals surface area contributed by atoms with Crippen LogP contribution in [-0.2, 0) is 16.6 Å². The minimum Gasteiger partial charge on any atom is -0.397 e. The molecule has 4 rings (SSSR count). The van der Waals surface area contributed by atoms with E-state index in [0.29, 0.717) is 26.8 Å². The Morgan fingerprint density at radius 1 is 1.16 bits per heavy atom. The van der Waals surface area contributed by atoms with Crippen LogP contribution in [0.1, 0.15) is 15.9 Å². The van der Waals surface area contributed by atoms with Crippen molar-refractivity contribution in [2.75, 3.05) is 16.4 Å². The molecule has 9 nitrogen and oxygen atoms in total. The number of nitrogens with one attached hydrogen (secondary N) is 2. The van der Waals surface area contributed by atoms with Crippen LogP contribution in [0.15, 0.2) is 65.7 Å². The van der Waals surface area contributed by atoms with E-state index in [1.165, 1.54) is 24.4 Å². The summed E-state index contributed by atoms with van der Waals surface area (Å²) < 4.78 is 26.4. The number of benzene rings is 2. The van der Waals surface area contributed by atoms with Gasteiger partial charge in [-0.15, -0.1) is 0 Å². The first-order chi connectivity index (χ1) is 14.8. The van der Waals surface area contributed by atoms with E-state index >= 15 is 0 Å². The number of halogens is 1. The third kappa shape index (κ3) is 4.03. The van der Waals surface area contributed by atoms with Crippen LogP contribution in [0.25, 0.3) is 0 Å². The number of hydrogen-bond donors (Lipinski definition) is 3. The number of fused-ring (bicyclic) bond motifs is 1. The molecule has 1 aliphatic rings. The van der Waals surface area contributed by atoms with Gasteiger partial charge in [-0.3, -0.25) is 10.1 Å². The number of aromatic nitrogens is 1. The van der Waals surface area contributed by atoms with E-state index in [-0.39, 0.29) is 28.2 Å². The predicted molar refractivity (Wildman–Crippen MR) is 116 cm³/mol. The number of amides is 3. The van der Waals surface area contributed by atoms with Crippen molar-refractivity contribution in [3.05, 3.63) is 76.9 Å². The highest BCUT2D eigenvalue weighted by Gasteiger charge is 2.37. The fraction of sp³-hybridized carbons (Fsp3) is 0.0500. The molecule has 0 saturated heterocycles. The van der Waals surface area contributed by atoms with Crippen molar-refractivity contribution in [1.82, 2.24) is 9.29 Å². The van der Waals surface area contributed by atoms with E-state index in [1.54, 1.807) is 36.4 Å². The molecule has 0 radical (unpaired) electrons. The van der Waals surface area contributed by atoms with E-state index < -0.39 is 16.1 Å². The molecule has 3 aromatic rings. The van der Waals surface area contributed by atoms with Gasteiger partial charge in [0.2, 0.25) is 0 Å². The van der Waals surface area contributed by atoms with E-state index in [0.717, 1.165) is 0 Å². The molecule has 0 saturated carbocycles. The molecular formula is C20H16ClN5O4S. The second-order valence-corrected chi connectivity index (χ2v) is 8.95. The molecule has 2 aromatic carbocycles. The molecule has 31 heavy (non-hydrogen) atoms. The lowest BCUT2D eigenvalue weighted by molar-refractivity contribution is 0.102. The smallest absolute Gasteiger partial charge is 0.337 e. The molecule has 0 bridgehead atoms. The summed E-state index contributed by atoms with van der Waals surface area (Å²) in [6.45, 7) is -0.229. The minimum absolute atomic E-state index is 0.0714. The highest BCUT2D eigenvalue weighted by molar-refractivity contribution is 7.90.